The van der Waals surface area contributed by atoms with E-state index in [0.717, 1.165) is 37.4 Å². The predicted molar refractivity (Wildman–Crippen MR) is 127 cm³/mol. The Morgan fingerprint density at radius 2 is 1.81 bits per heavy atom. The topological polar surface area (TPSA) is 70.7 Å². The summed E-state index contributed by atoms with van der Waals surface area (Å²) in [4.78, 5) is 2.27. The molecule has 6 nitrogen and oxygen atoms in total. The normalized spacial score (nSPS) is 15.2. The van der Waals surface area contributed by atoms with Crippen LogP contribution in [0.5, 0.6) is 5.75 Å². The molecule has 1 aromatic heterocycles. The Kier molecular flexibility index (Phi) is 7.05. The Bertz CT molecular complexity index is 1160. The number of hydrogen-bond acceptors (Lipinski definition) is 5. The van der Waals surface area contributed by atoms with Crippen LogP contribution in [0.4, 0.5) is 5.69 Å². The largest absolute Gasteiger partial charge is 0.369 e. The highest BCUT2D eigenvalue weighted by molar-refractivity contribution is 7.92. The maximum Gasteiger partial charge on any atom is 0.327 e. The second kappa shape index (κ2) is 9.77. The highest BCUT2D eigenvalue weighted by Gasteiger charge is 2.32. The standard InChI is InChI=1S/C21H22Cl2N3O3S2/c22-17-4-1-3-16(11-17)14-25-31(27,28)21-12-18(23)15-30(21)29-20-6-2-5-19(13-20)26-9-7-24-8-10-26/h1-6,11-13,15,24-25H,7-10,14H2/q+1. The molecule has 4 rings (SSSR count). The minimum absolute atomic E-state index is 0.104. The van der Waals surface area contributed by atoms with Gasteiger partial charge in [-0.1, -0.05) is 41.4 Å². The van der Waals surface area contributed by atoms with Crippen molar-refractivity contribution in [3.8, 4) is 5.75 Å². The molecule has 1 aliphatic rings. The number of rotatable bonds is 7. The van der Waals surface area contributed by atoms with Gasteiger partial charge in [-0.3, -0.25) is 4.18 Å². The molecule has 2 heterocycles. The molecule has 1 fully saturated rings. The SMILES string of the molecule is O=S(=O)(NCc1cccc(Cl)c1)c1cc(Cl)c[s+]1Oc1cccc(N2CCNCC2)c1. The zero-order valence-corrected chi connectivity index (χ0v) is 19.7. The van der Waals surface area contributed by atoms with Gasteiger partial charge >= 0.3 is 4.21 Å². The van der Waals surface area contributed by atoms with E-state index in [9.17, 15) is 8.42 Å². The average Bonchev–Trinajstić information content (AvgIpc) is 3.14. The van der Waals surface area contributed by atoms with Crippen molar-refractivity contribution < 1.29 is 12.6 Å². The van der Waals surface area contributed by atoms with Crippen molar-refractivity contribution in [2.24, 2.45) is 0 Å². The van der Waals surface area contributed by atoms with Gasteiger partial charge in [-0.15, -0.1) is 0 Å². The van der Waals surface area contributed by atoms with E-state index < -0.39 is 20.8 Å². The van der Waals surface area contributed by atoms with Gasteiger partial charge in [0.1, 0.15) is 5.02 Å². The number of benzene rings is 2. The van der Waals surface area contributed by atoms with E-state index in [2.05, 4.69) is 14.9 Å². The minimum atomic E-state index is -3.80. The molecule has 3 aromatic rings. The molecule has 0 radical (unpaired) electrons. The van der Waals surface area contributed by atoms with Gasteiger partial charge in [0.15, 0.2) is 5.75 Å². The summed E-state index contributed by atoms with van der Waals surface area (Å²) in [5, 5.41) is 5.84. The highest BCUT2D eigenvalue weighted by Crippen LogP contribution is 2.37. The Labute approximate surface area is 195 Å². The third-order valence-corrected chi connectivity index (χ3v) is 9.04. The van der Waals surface area contributed by atoms with Crippen molar-refractivity contribution >= 4 is 49.7 Å². The second-order valence-electron chi connectivity index (χ2n) is 7.04. The highest BCUT2D eigenvalue weighted by atomic mass is 35.5. The molecule has 0 amide bonds. The zero-order chi connectivity index (χ0) is 21.8. The summed E-state index contributed by atoms with van der Waals surface area (Å²) in [6, 6.07) is 16.2. The molecule has 0 bridgehead atoms. The molecule has 2 N–H and O–H groups in total. The third kappa shape index (κ3) is 5.71. The van der Waals surface area contributed by atoms with Crippen LogP contribution in [0.3, 0.4) is 0 Å². The Hall–Kier alpha value is -1.81. The van der Waals surface area contributed by atoms with E-state index in [1.807, 2.05) is 24.3 Å². The first kappa shape index (κ1) is 22.4. The molecular weight excluding hydrogens is 477 g/mol. The van der Waals surface area contributed by atoms with Crippen LogP contribution in [-0.4, -0.2) is 34.6 Å². The van der Waals surface area contributed by atoms with Crippen molar-refractivity contribution in [2.75, 3.05) is 31.1 Å². The van der Waals surface area contributed by atoms with Crippen molar-refractivity contribution in [1.29, 1.82) is 0 Å². The van der Waals surface area contributed by atoms with Crippen LogP contribution in [0.2, 0.25) is 10.0 Å². The molecule has 1 unspecified atom stereocenters. The molecule has 1 saturated heterocycles. The maximum absolute atomic E-state index is 13.0. The number of thiophene rings is 1. The summed E-state index contributed by atoms with van der Waals surface area (Å²) in [6.07, 6.45) is 0. The number of piperazine rings is 1. The molecular formula is C21H22Cl2N3O3S2+. The Morgan fingerprint density at radius 1 is 1.03 bits per heavy atom. The first-order chi connectivity index (χ1) is 14.9. The van der Waals surface area contributed by atoms with Gasteiger partial charge in [0.05, 0.1) is 0 Å². The minimum Gasteiger partial charge on any atom is -0.369 e. The lowest BCUT2D eigenvalue weighted by Crippen LogP contribution is -2.43. The molecule has 10 heteroatoms. The first-order valence-electron chi connectivity index (χ1n) is 9.71. The summed E-state index contributed by atoms with van der Waals surface area (Å²) in [5.41, 5.74) is 1.81. The van der Waals surface area contributed by atoms with E-state index >= 15 is 0 Å². The number of sulfonamides is 1. The predicted octanol–water partition coefficient (Wildman–Crippen LogP) is 4.47. The fourth-order valence-corrected chi connectivity index (χ4v) is 7.11. The van der Waals surface area contributed by atoms with Crippen LogP contribution < -0.4 is 19.1 Å². The van der Waals surface area contributed by atoms with Gasteiger partial charge in [-0.25, -0.2) is 13.1 Å². The summed E-state index contributed by atoms with van der Waals surface area (Å²) >= 11 is 12.1. The van der Waals surface area contributed by atoms with Gasteiger partial charge in [-0.2, -0.15) is 0 Å². The van der Waals surface area contributed by atoms with Gasteiger partial charge in [0.2, 0.25) is 16.1 Å². The van der Waals surface area contributed by atoms with E-state index in [4.69, 9.17) is 27.4 Å². The van der Waals surface area contributed by atoms with E-state index in [1.165, 1.54) is 6.07 Å². The van der Waals surface area contributed by atoms with Gasteiger partial charge < -0.3 is 10.2 Å². The van der Waals surface area contributed by atoms with Crippen LogP contribution in [0.25, 0.3) is 0 Å². The van der Waals surface area contributed by atoms with Gasteiger partial charge in [-0.05, 0) is 29.8 Å². The molecule has 31 heavy (non-hydrogen) atoms. The molecule has 0 aliphatic carbocycles. The lowest BCUT2D eigenvalue weighted by molar-refractivity contribution is 0.579. The lowest BCUT2D eigenvalue weighted by atomic mass is 10.2. The molecule has 0 spiro atoms. The fourth-order valence-electron chi connectivity index (χ4n) is 3.27. The van der Waals surface area contributed by atoms with Crippen molar-refractivity contribution in [1.82, 2.24) is 10.0 Å². The smallest absolute Gasteiger partial charge is 0.327 e. The van der Waals surface area contributed by atoms with Crippen LogP contribution in [0.15, 0.2) is 64.2 Å². The summed E-state index contributed by atoms with van der Waals surface area (Å²) in [5.74, 6) is 0.595. The maximum atomic E-state index is 13.0. The van der Waals surface area contributed by atoms with Crippen LogP contribution in [0, 0.1) is 0 Å². The Morgan fingerprint density at radius 3 is 2.58 bits per heavy atom. The van der Waals surface area contributed by atoms with Crippen molar-refractivity contribution in [2.45, 2.75) is 10.8 Å². The fraction of sp³-hybridized carbons (Fsp3) is 0.238. The summed E-state index contributed by atoms with van der Waals surface area (Å²) < 4.78 is 34.7. The first-order valence-corrected chi connectivity index (χ1v) is 13.2. The van der Waals surface area contributed by atoms with E-state index in [-0.39, 0.29) is 10.8 Å². The zero-order valence-electron chi connectivity index (χ0n) is 16.6. The second-order valence-corrected chi connectivity index (χ2v) is 11.3. The van der Waals surface area contributed by atoms with Gasteiger partial charge in [0.25, 0.3) is 10.0 Å². The van der Waals surface area contributed by atoms with Crippen LogP contribution in [-0.2, 0) is 16.6 Å². The number of halogens is 2. The molecule has 164 valence electrons. The molecule has 2 aromatic carbocycles. The lowest BCUT2D eigenvalue weighted by Gasteiger charge is -2.29. The number of nitrogens with zero attached hydrogens (tertiary/aromatic N) is 1. The van der Waals surface area contributed by atoms with E-state index in [0.29, 0.717) is 15.8 Å². The third-order valence-electron chi connectivity index (χ3n) is 4.78. The molecule has 0 saturated carbocycles. The number of hydrogen-bond donors (Lipinski definition) is 2. The molecule has 1 atom stereocenters. The number of anilines is 1. The summed E-state index contributed by atoms with van der Waals surface area (Å²) in [7, 11) is -4.94. The summed E-state index contributed by atoms with van der Waals surface area (Å²) in [6.45, 7) is 3.80. The van der Waals surface area contributed by atoms with E-state index in [1.54, 1.807) is 29.6 Å². The average molecular weight is 499 g/mol. The van der Waals surface area contributed by atoms with Crippen LogP contribution >= 0.6 is 34.0 Å². The molecule has 1 aliphatic heterocycles. The number of nitrogens with one attached hydrogen (secondary N) is 2. The van der Waals surface area contributed by atoms with Crippen molar-refractivity contribution in [3.63, 3.8) is 0 Å². The quantitative estimate of drug-likeness (QED) is 0.470. The van der Waals surface area contributed by atoms with Gasteiger partial charge in [0, 0.05) is 55.6 Å². The van der Waals surface area contributed by atoms with Crippen molar-refractivity contribution in [3.05, 3.63) is 75.6 Å². The monoisotopic (exact) mass is 498 g/mol. The van der Waals surface area contributed by atoms with Crippen LogP contribution in [0.1, 0.15) is 5.56 Å². The Balaban J connectivity index is 1.53.